The molecule has 0 unspecified atom stereocenters. The largest absolute Gasteiger partial charge is 0.490 e. The van der Waals surface area contributed by atoms with Gasteiger partial charge in [-0.25, -0.2) is 0 Å². The van der Waals surface area contributed by atoms with Gasteiger partial charge in [0, 0.05) is 24.8 Å². The molecular weight excluding hydrogens is 446 g/mol. The first-order valence-electron chi connectivity index (χ1n) is 10.2. The first kappa shape index (κ1) is 20.6. The summed E-state index contributed by atoms with van der Waals surface area (Å²) in [6.45, 7) is 1.69. The fourth-order valence-electron chi connectivity index (χ4n) is 3.50. The molecule has 0 fully saturated rings. The lowest BCUT2D eigenvalue weighted by molar-refractivity contribution is 0.102. The summed E-state index contributed by atoms with van der Waals surface area (Å²) in [4.78, 5) is 14.2. The van der Waals surface area contributed by atoms with Gasteiger partial charge < -0.3 is 14.8 Å². The molecule has 3 heterocycles. The average molecular weight is 466 g/mol. The molecule has 0 saturated heterocycles. The molecule has 1 aliphatic heterocycles. The highest BCUT2D eigenvalue weighted by molar-refractivity contribution is 7.13. The number of hydrogen-bond donors (Lipinski definition) is 1. The fourth-order valence-corrected chi connectivity index (χ4v) is 4.43. The van der Waals surface area contributed by atoms with E-state index in [-0.39, 0.29) is 5.91 Å². The monoisotopic (exact) mass is 465 g/mol. The maximum Gasteiger partial charge on any atom is 0.259 e. The van der Waals surface area contributed by atoms with Crippen LogP contribution in [0.5, 0.6) is 11.5 Å². The smallest absolute Gasteiger partial charge is 0.259 e. The van der Waals surface area contributed by atoms with Crippen molar-refractivity contribution < 1.29 is 14.3 Å². The van der Waals surface area contributed by atoms with Crippen LogP contribution < -0.4 is 14.8 Å². The lowest BCUT2D eigenvalue weighted by Gasteiger charge is -2.12. The maximum atomic E-state index is 13.3. The Morgan fingerprint density at radius 2 is 1.88 bits per heavy atom. The lowest BCUT2D eigenvalue weighted by atomic mass is 10.2. The summed E-state index contributed by atoms with van der Waals surface area (Å²) >= 11 is 7.97. The number of nitrogens with zero attached hydrogens (tertiary/aromatic N) is 2. The van der Waals surface area contributed by atoms with Gasteiger partial charge in [-0.2, -0.15) is 5.10 Å². The van der Waals surface area contributed by atoms with Crippen molar-refractivity contribution in [3.63, 3.8) is 0 Å². The van der Waals surface area contributed by atoms with Crippen LogP contribution in [-0.4, -0.2) is 28.9 Å². The van der Waals surface area contributed by atoms with Crippen LogP contribution in [0.4, 0.5) is 5.69 Å². The number of thiophene rings is 1. The van der Waals surface area contributed by atoms with Gasteiger partial charge in [-0.3, -0.25) is 9.48 Å². The number of ether oxygens (including phenoxy) is 2. The molecule has 1 aliphatic rings. The minimum atomic E-state index is -0.288. The minimum absolute atomic E-state index is 0.288. The van der Waals surface area contributed by atoms with Crippen molar-refractivity contribution in [2.75, 3.05) is 18.5 Å². The minimum Gasteiger partial charge on any atom is -0.490 e. The zero-order valence-corrected chi connectivity index (χ0v) is 18.7. The molecule has 4 aromatic rings. The van der Waals surface area contributed by atoms with E-state index in [4.69, 9.17) is 26.2 Å². The van der Waals surface area contributed by atoms with Gasteiger partial charge in [0.2, 0.25) is 0 Å². The molecule has 0 spiro atoms. The van der Waals surface area contributed by atoms with Crippen molar-refractivity contribution >= 4 is 34.5 Å². The Labute approximate surface area is 194 Å². The Balaban J connectivity index is 1.46. The highest BCUT2D eigenvalue weighted by Gasteiger charge is 2.21. The van der Waals surface area contributed by atoms with Crippen LogP contribution in [-0.2, 0) is 6.54 Å². The Kier molecular flexibility index (Phi) is 5.83. The molecule has 2 aromatic heterocycles. The Bertz CT molecular complexity index is 1240. The molecular formula is C24H20ClN3O3S. The molecule has 8 heteroatoms. The number of anilines is 1. The number of nitrogens with one attached hydrogen (secondary N) is 1. The summed E-state index contributed by atoms with van der Waals surface area (Å²) < 4.78 is 13.2. The van der Waals surface area contributed by atoms with Gasteiger partial charge in [-0.1, -0.05) is 48.0 Å². The maximum absolute atomic E-state index is 13.3. The number of carbonyl (C=O) groups excluding carboxylic acids is 1. The second kappa shape index (κ2) is 9.06. The number of carbonyl (C=O) groups is 1. The van der Waals surface area contributed by atoms with Crippen LogP contribution in [0.25, 0.3) is 10.6 Å². The molecule has 32 heavy (non-hydrogen) atoms. The van der Waals surface area contributed by atoms with E-state index in [1.54, 1.807) is 23.0 Å². The van der Waals surface area contributed by atoms with Crippen LogP contribution in [0.2, 0.25) is 5.02 Å². The van der Waals surface area contributed by atoms with Crippen molar-refractivity contribution in [3.8, 4) is 22.1 Å². The molecule has 162 valence electrons. The highest BCUT2D eigenvalue weighted by Crippen LogP contribution is 2.38. The van der Waals surface area contributed by atoms with Crippen LogP contribution in [0.3, 0.4) is 0 Å². The molecule has 5 rings (SSSR count). The van der Waals surface area contributed by atoms with Crippen molar-refractivity contribution in [1.82, 2.24) is 9.78 Å². The van der Waals surface area contributed by atoms with E-state index in [1.165, 1.54) is 11.3 Å². The number of fused-ring (bicyclic) bond motifs is 1. The Hall–Kier alpha value is -3.29. The summed E-state index contributed by atoms with van der Waals surface area (Å²) in [6, 6.07) is 17.3. The molecule has 2 aromatic carbocycles. The van der Waals surface area contributed by atoms with Crippen LogP contribution >= 0.6 is 22.9 Å². The van der Waals surface area contributed by atoms with Crippen molar-refractivity contribution in [2.24, 2.45) is 0 Å². The molecule has 6 nitrogen and oxygen atoms in total. The summed E-state index contributed by atoms with van der Waals surface area (Å²) in [5.41, 5.74) is 2.69. The van der Waals surface area contributed by atoms with E-state index in [0.29, 0.717) is 53.2 Å². The quantitative estimate of drug-likeness (QED) is 0.409. The standard InChI is InChI=1S/C24H20ClN3O3S/c25-18-12-20-21(31-10-5-9-30-20)13-19(18)26-24(29)17-15-28(14-16-6-2-1-3-7-16)27-23(17)22-8-4-11-32-22/h1-4,6-8,11-13,15H,5,9-10,14H2,(H,26,29). The molecule has 0 atom stereocenters. The second-order valence-corrected chi connectivity index (χ2v) is 8.69. The van der Waals surface area contributed by atoms with Gasteiger partial charge >= 0.3 is 0 Å². The van der Waals surface area contributed by atoms with Gasteiger partial charge in [0.25, 0.3) is 5.91 Å². The van der Waals surface area contributed by atoms with Crippen molar-refractivity contribution in [2.45, 2.75) is 13.0 Å². The highest BCUT2D eigenvalue weighted by atomic mass is 35.5. The summed E-state index contributed by atoms with van der Waals surface area (Å²) in [6.07, 6.45) is 2.56. The van der Waals surface area contributed by atoms with Gasteiger partial charge in [-0.05, 0) is 17.0 Å². The Morgan fingerprint density at radius 1 is 1.09 bits per heavy atom. The predicted molar refractivity (Wildman–Crippen MR) is 126 cm³/mol. The third kappa shape index (κ3) is 4.35. The van der Waals surface area contributed by atoms with E-state index in [2.05, 4.69) is 5.32 Å². The van der Waals surface area contributed by atoms with Crippen molar-refractivity contribution in [1.29, 1.82) is 0 Å². The van der Waals surface area contributed by atoms with Gasteiger partial charge in [0.05, 0.1) is 40.9 Å². The number of rotatable bonds is 5. The van der Waals surface area contributed by atoms with Gasteiger partial charge in [0.15, 0.2) is 11.5 Å². The van der Waals surface area contributed by atoms with Gasteiger partial charge in [-0.15, -0.1) is 11.3 Å². The summed E-state index contributed by atoms with van der Waals surface area (Å²) in [5.74, 6) is 0.866. The van der Waals surface area contributed by atoms with Crippen LogP contribution in [0.15, 0.2) is 66.2 Å². The number of amides is 1. The third-order valence-electron chi connectivity index (χ3n) is 5.03. The molecule has 0 radical (unpaired) electrons. The van der Waals surface area contributed by atoms with Crippen molar-refractivity contribution in [3.05, 3.63) is 82.3 Å². The molecule has 0 bridgehead atoms. The lowest BCUT2D eigenvalue weighted by Crippen LogP contribution is -2.13. The number of hydrogen-bond acceptors (Lipinski definition) is 5. The normalized spacial score (nSPS) is 12.9. The van der Waals surface area contributed by atoms with E-state index in [9.17, 15) is 4.79 Å². The number of benzene rings is 2. The Morgan fingerprint density at radius 3 is 2.62 bits per heavy atom. The number of aromatic nitrogens is 2. The van der Waals surface area contributed by atoms with Crippen LogP contribution in [0.1, 0.15) is 22.3 Å². The van der Waals surface area contributed by atoms with E-state index in [0.717, 1.165) is 16.9 Å². The third-order valence-corrected chi connectivity index (χ3v) is 6.22. The first-order chi connectivity index (χ1) is 15.7. The summed E-state index contributed by atoms with van der Waals surface area (Å²) in [7, 11) is 0. The summed E-state index contributed by atoms with van der Waals surface area (Å²) in [5, 5.41) is 9.98. The second-order valence-electron chi connectivity index (χ2n) is 7.34. The van der Waals surface area contributed by atoms with E-state index < -0.39 is 0 Å². The molecule has 0 aliphatic carbocycles. The topological polar surface area (TPSA) is 65.4 Å². The molecule has 0 saturated carbocycles. The number of halogens is 1. The zero-order chi connectivity index (χ0) is 21.9. The first-order valence-corrected chi connectivity index (χ1v) is 11.5. The molecule has 1 amide bonds. The fraction of sp³-hybridized carbons (Fsp3) is 0.167. The average Bonchev–Trinajstić information content (AvgIpc) is 3.41. The van der Waals surface area contributed by atoms with E-state index in [1.807, 2.05) is 47.8 Å². The predicted octanol–water partition coefficient (Wildman–Crippen LogP) is 5.73. The zero-order valence-electron chi connectivity index (χ0n) is 17.1. The molecule has 1 N–H and O–H groups in total. The SMILES string of the molecule is O=C(Nc1cc2c(cc1Cl)OCCCO2)c1cn(Cc2ccccc2)nc1-c1cccs1. The van der Waals surface area contributed by atoms with Gasteiger partial charge in [0.1, 0.15) is 5.69 Å². The van der Waals surface area contributed by atoms with Crippen LogP contribution in [0, 0.1) is 0 Å². The van der Waals surface area contributed by atoms with E-state index >= 15 is 0 Å².